The molecule has 0 unspecified atom stereocenters. The summed E-state index contributed by atoms with van der Waals surface area (Å²) < 4.78 is 4.87. The third kappa shape index (κ3) is 3.47. The van der Waals surface area contributed by atoms with Crippen LogP contribution in [-0.4, -0.2) is 33.3 Å². The van der Waals surface area contributed by atoms with E-state index in [0.29, 0.717) is 22.4 Å². The molecule has 0 spiro atoms. The van der Waals surface area contributed by atoms with E-state index in [1.165, 1.54) is 17.8 Å². The van der Waals surface area contributed by atoms with Crippen LogP contribution in [0.25, 0.3) is 11.1 Å². The first-order chi connectivity index (χ1) is 9.06. The lowest BCUT2D eigenvalue weighted by molar-refractivity contribution is -0.136. The minimum Gasteiger partial charge on any atom is -0.481 e. The number of benzene rings is 1. The fourth-order valence-corrected chi connectivity index (χ4v) is 2.34. The van der Waals surface area contributed by atoms with Gasteiger partial charge in [0.2, 0.25) is 0 Å². The summed E-state index contributed by atoms with van der Waals surface area (Å²) in [6, 6.07) is 4.72. The van der Waals surface area contributed by atoms with Crippen LogP contribution in [0.1, 0.15) is 16.8 Å². The van der Waals surface area contributed by atoms with Crippen molar-refractivity contribution < 1.29 is 19.1 Å². The molecule has 0 radical (unpaired) electrons. The standard InChI is InChI=1S/C12H11NO5S/c14-9(6-19-4-3-11(15)16)7-1-2-8-10(5-7)18-12(17)13-8/h1-2,5H,3-4,6H2,(H,13,17)(H,15,16). The Labute approximate surface area is 111 Å². The molecule has 6 nitrogen and oxygen atoms in total. The maximum atomic E-state index is 11.8. The monoisotopic (exact) mass is 281 g/mol. The van der Waals surface area contributed by atoms with Gasteiger partial charge < -0.3 is 9.52 Å². The molecule has 0 atom stereocenters. The third-order valence-electron chi connectivity index (χ3n) is 2.44. The van der Waals surface area contributed by atoms with E-state index < -0.39 is 11.7 Å². The normalized spacial score (nSPS) is 10.7. The molecular formula is C12H11NO5S. The Kier molecular flexibility index (Phi) is 4.06. The number of nitrogens with one attached hydrogen (secondary N) is 1. The number of carboxylic acids is 1. The number of fused-ring (bicyclic) bond motifs is 1. The molecule has 0 fully saturated rings. The fourth-order valence-electron chi connectivity index (χ4n) is 1.53. The van der Waals surface area contributed by atoms with Gasteiger partial charge in [0, 0.05) is 11.3 Å². The molecule has 0 amide bonds. The summed E-state index contributed by atoms with van der Waals surface area (Å²) in [7, 11) is 0. The van der Waals surface area contributed by atoms with E-state index in [-0.39, 0.29) is 18.0 Å². The quantitative estimate of drug-likeness (QED) is 0.615. The molecule has 0 bridgehead atoms. The number of thioether (sulfide) groups is 1. The SMILES string of the molecule is O=C(O)CCSCC(=O)c1ccc2[nH]c(=O)oc2c1. The van der Waals surface area contributed by atoms with Crippen molar-refractivity contribution in [1.82, 2.24) is 4.98 Å². The lowest BCUT2D eigenvalue weighted by Gasteiger charge is -2.00. The molecule has 0 saturated carbocycles. The smallest absolute Gasteiger partial charge is 0.417 e. The van der Waals surface area contributed by atoms with E-state index in [4.69, 9.17) is 9.52 Å². The lowest BCUT2D eigenvalue weighted by atomic mass is 10.1. The summed E-state index contributed by atoms with van der Waals surface area (Å²) in [6.45, 7) is 0. The Morgan fingerprint density at radius 2 is 2.16 bits per heavy atom. The van der Waals surface area contributed by atoms with Crippen LogP contribution in [0.3, 0.4) is 0 Å². The molecule has 0 aliphatic heterocycles. The second kappa shape index (κ2) is 5.75. The van der Waals surface area contributed by atoms with E-state index in [9.17, 15) is 14.4 Å². The Morgan fingerprint density at radius 1 is 1.37 bits per heavy atom. The number of oxazole rings is 1. The molecule has 19 heavy (non-hydrogen) atoms. The molecule has 2 rings (SSSR count). The molecule has 0 saturated heterocycles. The van der Waals surface area contributed by atoms with Crippen molar-refractivity contribution in [3.05, 3.63) is 34.3 Å². The van der Waals surface area contributed by atoms with Crippen LogP contribution in [0.4, 0.5) is 0 Å². The van der Waals surface area contributed by atoms with Gasteiger partial charge in [0.25, 0.3) is 0 Å². The first kappa shape index (κ1) is 13.4. The average molecular weight is 281 g/mol. The third-order valence-corrected chi connectivity index (χ3v) is 3.40. The van der Waals surface area contributed by atoms with Crippen LogP contribution >= 0.6 is 11.8 Å². The van der Waals surface area contributed by atoms with E-state index >= 15 is 0 Å². The molecule has 1 aromatic carbocycles. The number of ketones is 1. The van der Waals surface area contributed by atoms with Crippen molar-refractivity contribution in [1.29, 1.82) is 0 Å². The van der Waals surface area contributed by atoms with E-state index in [2.05, 4.69) is 4.98 Å². The van der Waals surface area contributed by atoms with Gasteiger partial charge in [-0.2, -0.15) is 11.8 Å². The largest absolute Gasteiger partial charge is 0.481 e. The first-order valence-corrected chi connectivity index (χ1v) is 6.67. The number of rotatable bonds is 6. The summed E-state index contributed by atoms with van der Waals surface area (Å²) in [5.41, 5.74) is 1.32. The topological polar surface area (TPSA) is 100 Å². The molecule has 0 aliphatic carbocycles. The Hall–Kier alpha value is -2.02. The van der Waals surface area contributed by atoms with Crippen molar-refractivity contribution in [3.8, 4) is 0 Å². The van der Waals surface area contributed by atoms with Gasteiger partial charge >= 0.3 is 11.7 Å². The number of H-pyrrole nitrogens is 1. The summed E-state index contributed by atoms with van der Waals surface area (Å²) >= 11 is 1.26. The number of hydrogen-bond donors (Lipinski definition) is 2. The Balaban J connectivity index is 2.00. The number of carbonyl (C=O) groups excluding carboxylic acids is 1. The number of carboxylic acid groups (broad SMARTS) is 1. The summed E-state index contributed by atoms with van der Waals surface area (Å²) in [6.07, 6.45) is 0.0314. The van der Waals surface area contributed by atoms with Crippen molar-refractivity contribution in [2.45, 2.75) is 6.42 Å². The molecule has 100 valence electrons. The van der Waals surface area contributed by atoms with Gasteiger partial charge in [0.1, 0.15) is 0 Å². The van der Waals surface area contributed by atoms with E-state index in [0.717, 1.165) is 0 Å². The molecule has 2 N–H and O–H groups in total. The second-order valence-corrected chi connectivity index (χ2v) is 4.95. The van der Waals surface area contributed by atoms with Gasteiger partial charge in [-0.25, -0.2) is 4.79 Å². The number of aliphatic carboxylic acids is 1. The molecule has 1 aromatic heterocycles. The highest BCUT2D eigenvalue weighted by Gasteiger charge is 2.09. The number of aromatic nitrogens is 1. The molecule has 0 aliphatic rings. The van der Waals surface area contributed by atoms with Crippen molar-refractivity contribution in [2.75, 3.05) is 11.5 Å². The molecule has 2 aromatic rings. The Morgan fingerprint density at radius 3 is 2.89 bits per heavy atom. The molecule has 1 heterocycles. The van der Waals surface area contributed by atoms with Gasteiger partial charge in [0.15, 0.2) is 11.4 Å². The van der Waals surface area contributed by atoms with Gasteiger partial charge in [-0.3, -0.25) is 14.6 Å². The predicted molar refractivity (Wildman–Crippen MR) is 70.7 cm³/mol. The highest BCUT2D eigenvalue weighted by atomic mass is 32.2. The summed E-state index contributed by atoms with van der Waals surface area (Å²) in [5, 5.41) is 8.47. The highest BCUT2D eigenvalue weighted by molar-refractivity contribution is 8.00. The Bertz CT molecular complexity index is 672. The van der Waals surface area contributed by atoms with Gasteiger partial charge in [0.05, 0.1) is 17.7 Å². The molecular weight excluding hydrogens is 270 g/mol. The molecule has 7 heteroatoms. The average Bonchev–Trinajstić information content (AvgIpc) is 2.73. The first-order valence-electron chi connectivity index (χ1n) is 5.52. The number of hydrogen-bond acceptors (Lipinski definition) is 5. The predicted octanol–water partition coefficient (Wildman–Crippen LogP) is 1.51. The lowest BCUT2D eigenvalue weighted by Crippen LogP contribution is -2.04. The van der Waals surface area contributed by atoms with Crippen LogP contribution in [-0.2, 0) is 4.79 Å². The van der Waals surface area contributed by atoms with Gasteiger partial charge in [-0.1, -0.05) is 0 Å². The van der Waals surface area contributed by atoms with E-state index in [1.807, 2.05) is 0 Å². The zero-order chi connectivity index (χ0) is 13.8. The van der Waals surface area contributed by atoms with Crippen LogP contribution < -0.4 is 5.76 Å². The maximum absolute atomic E-state index is 11.8. The van der Waals surface area contributed by atoms with Crippen LogP contribution in [0.15, 0.2) is 27.4 Å². The van der Waals surface area contributed by atoms with Crippen molar-refractivity contribution in [2.24, 2.45) is 0 Å². The minimum atomic E-state index is -0.879. The van der Waals surface area contributed by atoms with E-state index in [1.54, 1.807) is 12.1 Å². The number of Topliss-reactive ketones (excluding diaryl/α,β-unsaturated/α-hetero) is 1. The number of carbonyl (C=O) groups is 2. The zero-order valence-electron chi connectivity index (χ0n) is 9.84. The second-order valence-electron chi connectivity index (χ2n) is 3.84. The number of aromatic amines is 1. The van der Waals surface area contributed by atoms with Gasteiger partial charge in [-0.05, 0) is 18.2 Å². The van der Waals surface area contributed by atoms with Crippen molar-refractivity contribution >= 4 is 34.6 Å². The summed E-state index contributed by atoms with van der Waals surface area (Å²) in [5.74, 6) is -0.970. The van der Waals surface area contributed by atoms with Gasteiger partial charge in [-0.15, -0.1) is 0 Å². The minimum absolute atomic E-state index is 0.0314. The van der Waals surface area contributed by atoms with Crippen LogP contribution in [0.5, 0.6) is 0 Å². The summed E-state index contributed by atoms with van der Waals surface area (Å²) in [4.78, 5) is 35.6. The van der Waals surface area contributed by atoms with Crippen molar-refractivity contribution in [3.63, 3.8) is 0 Å². The van der Waals surface area contributed by atoms with Crippen LogP contribution in [0, 0.1) is 0 Å². The fraction of sp³-hybridized carbons (Fsp3) is 0.250. The maximum Gasteiger partial charge on any atom is 0.417 e. The van der Waals surface area contributed by atoms with Crippen LogP contribution in [0.2, 0.25) is 0 Å². The highest BCUT2D eigenvalue weighted by Crippen LogP contribution is 2.15. The zero-order valence-corrected chi connectivity index (χ0v) is 10.7.